The summed E-state index contributed by atoms with van der Waals surface area (Å²) >= 11 is 8.83. The third-order valence-electron chi connectivity index (χ3n) is 3.08. The first-order chi connectivity index (χ1) is 10.0. The molecule has 1 aromatic carbocycles. The lowest BCUT2D eigenvalue weighted by Gasteiger charge is -2.23. The minimum Gasteiger partial charge on any atom is -0.321 e. The zero-order chi connectivity index (χ0) is 15.0. The van der Waals surface area contributed by atoms with Gasteiger partial charge in [-0.25, -0.2) is 8.78 Å². The number of carbonyl (C=O) groups excluding carboxylic acids is 1. The van der Waals surface area contributed by atoms with Crippen molar-refractivity contribution < 1.29 is 13.6 Å². The Morgan fingerprint density at radius 3 is 2.57 bits per heavy atom. The van der Waals surface area contributed by atoms with Crippen LogP contribution in [0.2, 0.25) is 4.34 Å². The fourth-order valence-corrected chi connectivity index (χ4v) is 4.71. The second kappa shape index (κ2) is 5.94. The SMILES string of the molecule is O=C1CSC(c2ccc(Cl)s2)N1Cc1cc(F)cc(F)c1. The van der Waals surface area contributed by atoms with Crippen LogP contribution in [0.1, 0.15) is 15.8 Å². The smallest absolute Gasteiger partial charge is 0.234 e. The summed E-state index contributed by atoms with van der Waals surface area (Å²) in [5.74, 6) is -0.961. The highest BCUT2D eigenvalue weighted by atomic mass is 35.5. The summed E-state index contributed by atoms with van der Waals surface area (Å²) in [6.07, 6.45) is 0. The van der Waals surface area contributed by atoms with Crippen LogP contribution < -0.4 is 0 Å². The van der Waals surface area contributed by atoms with Gasteiger partial charge in [0.15, 0.2) is 0 Å². The highest BCUT2D eigenvalue weighted by Crippen LogP contribution is 2.43. The summed E-state index contributed by atoms with van der Waals surface area (Å²) < 4.78 is 27.2. The van der Waals surface area contributed by atoms with Gasteiger partial charge in [0.1, 0.15) is 17.0 Å². The van der Waals surface area contributed by atoms with E-state index in [0.29, 0.717) is 15.7 Å². The van der Waals surface area contributed by atoms with Gasteiger partial charge in [0.25, 0.3) is 0 Å². The molecule has 0 radical (unpaired) electrons. The van der Waals surface area contributed by atoms with Crippen molar-refractivity contribution in [3.05, 3.63) is 56.7 Å². The van der Waals surface area contributed by atoms with E-state index in [1.54, 1.807) is 11.0 Å². The Morgan fingerprint density at radius 2 is 1.95 bits per heavy atom. The number of carbonyl (C=O) groups is 1. The normalized spacial score (nSPS) is 18.5. The number of thiophene rings is 1. The summed E-state index contributed by atoms with van der Waals surface area (Å²) in [4.78, 5) is 14.6. The molecule has 1 unspecified atom stereocenters. The van der Waals surface area contributed by atoms with E-state index in [4.69, 9.17) is 11.6 Å². The molecule has 2 aromatic rings. The number of nitrogens with zero attached hydrogens (tertiary/aromatic N) is 1. The van der Waals surface area contributed by atoms with E-state index in [1.807, 2.05) is 6.07 Å². The van der Waals surface area contributed by atoms with E-state index >= 15 is 0 Å². The van der Waals surface area contributed by atoms with Crippen LogP contribution in [0.15, 0.2) is 30.3 Å². The molecule has 21 heavy (non-hydrogen) atoms. The van der Waals surface area contributed by atoms with Gasteiger partial charge in [-0.05, 0) is 29.8 Å². The summed E-state index contributed by atoms with van der Waals surface area (Å²) in [5, 5.41) is -0.152. The van der Waals surface area contributed by atoms with Crippen molar-refractivity contribution in [2.45, 2.75) is 11.9 Å². The molecule has 0 bridgehead atoms. The predicted molar refractivity (Wildman–Crippen MR) is 81.4 cm³/mol. The van der Waals surface area contributed by atoms with E-state index in [1.165, 1.54) is 35.2 Å². The van der Waals surface area contributed by atoms with Crippen LogP contribution >= 0.6 is 34.7 Å². The van der Waals surface area contributed by atoms with Crippen LogP contribution in [-0.2, 0) is 11.3 Å². The molecule has 1 fully saturated rings. The van der Waals surface area contributed by atoms with Gasteiger partial charge in [-0.2, -0.15) is 0 Å². The molecule has 1 aliphatic heterocycles. The van der Waals surface area contributed by atoms with Crippen molar-refractivity contribution in [2.24, 2.45) is 0 Å². The largest absolute Gasteiger partial charge is 0.321 e. The van der Waals surface area contributed by atoms with E-state index in [9.17, 15) is 13.6 Å². The average molecular weight is 346 g/mol. The zero-order valence-electron chi connectivity index (χ0n) is 10.7. The Kier molecular flexibility index (Phi) is 4.19. The van der Waals surface area contributed by atoms with Crippen LogP contribution in [0.5, 0.6) is 0 Å². The zero-order valence-corrected chi connectivity index (χ0v) is 13.1. The molecule has 1 saturated heterocycles. The fraction of sp³-hybridized carbons (Fsp3) is 0.214. The van der Waals surface area contributed by atoms with Crippen molar-refractivity contribution in [2.75, 3.05) is 5.75 Å². The number of halogens is 3. The number of hydrogen-bond donors (Lipinski definition) is 0. The van der Waals surface area contributed by atoms with E-state index < -0.39 is 11.6 Å². The second-order valence-corrected chi connectivity index (χ2v) is 7.42. The summed E-state index contributed by atoms with van der Waals surface area (Å²) in [5.41, 5.74) is 0.441. The van der Waals surface area contributed by atoms with Crippen LogP contribution in [0.4, 0.5) is 8.78 Å². The third-order valence-corrected chi connectivity index (χ3v) is 5.75. The predicted octanol–water partition coefficient (Wildman–Crippen LogP) is 4.45. The van der Waals surface area contributed by atoms with Gasteiger partial charge in [-0.1, -0.05) is 11.6 Å². The van der Waals surface area contributed by atoms with Crippen LogP contribution in [0, 0.1) is 11.6 Å². The monoisotopic (exact) mass is 345 g/mol. The highest BCUT2D eigenvalue weighted by molar-refractivity contribution is 8.00. The lowest BCUT2D eigenvalue weighted by atomic mass is 10.2. The Balaban J connectivity index is 1.86. The maximum Gasteiger partial charge on any atom is 0.234 e. The minimum absolute atomic E-state index is 0.0424. The molecule has 1 amide bonds. The first-order valence-electron chi connectivity index (χ1n) is 6.14. The molecule has 2 nitrogen and oxygen atoms in total. The Bertz CT molecular complexity index is 671. The lowest BCUT2D eigenvalue weighted by molar-refractivity contribution is -0.128. The van der Waals surface area contributed by atoms with Crippen molar-refractivity contribution in [3.8, 4) is 0 Å². The maximum atomic E-state index is 13.3. The molecule has 1 aliphatic rings. The molecule has 110 valence electrons. The van der Waals surface area contributed by atoms with Gasteiger partial charge >= 0.3 is 0 Å². The number of amides is 1. The number of rotatable bonds is 3. The van der Waals surface area contributed by atoms with Crippen molar-refractivity contribution >= 4 is 40.6 Å². The Labute approximate surface area is 133 Å². The minimum atomic E-state index is -0.639. The fourth-order valence-electron chi connectivity index (χ4n) is 2.22. The average Bonchev–Trinajstić information content (AvgIpc) is 2.96. The molecular weight excluding hydrogens is 336 g/mol. The molecule has 3 rings (SSSR count). The van der Waals surface area contributed by atoms with E-state index in [2.05, 4.69) is 0 Å². The highest BCUT2D eigenvalue weighted by Gasteiger charge is 2.33. The first kappa shape index (κ1) is 14.8. The molecule has 1 atom stereocenters. The molecule has 0 saturated carbocycles. The summed E-state index contributed by atoms with van der Waals surface area (Å²) in [6, 6.07) is 6.98. The van der Waals surface area contributed by atoms with Gasteiger partial charge in [0.05, 0.1) is 10.1 Å². The van der Waals surface area contributed by atoms with Crippen molar-refractivity contribution in [3.63, 3.8) is 0 Å². The van der Waals surface area contributed by atoms with Gasteiger partial charge < -0.3 is 4.90 Å². The van der Waals surface area contributed by atoms with Crippen molar-refractivity contribution in [1.82, 2.24) is 4.90 Å². The standard InChI is InChI=1S/C14H10ClF2NOS2/c15-12-2-1-11(21-12)14-18(13(19)7-20-14)6-8-3-9(16)5-10(17)4-8/h1-5,14H,6-7H2. The summed E-state index contributed by atoms with van der Waals surface area (Å²) in [6.45, 7) is 0.181. The molecular formula is C14H10ClF2NOS2. The molecule has 7 heteroatoms. The number of hydrogen-bond acceptors (Lipinski definition) is 3. The second-order valence-electron chi connectivity index (χ2n) is 4.60. The summed E-state index contributed by atoms with van der Waals surface area (Å²) in [7, 11) is 0. The maximum absolute atomic E-state index is 13.3. The number of thioether (sulfide) groups is 1. The Hall–Kier alpha value is -1.11. The van der Waals surface area contributed by atoms with Crippen LogP contribution in [0.25, 0.3) is 0 Å². The molecule has 0 aliphatic carbocycles. The molecule has 0 spiro atoms. The number of benzene rings is 1. The van der Waals surface area contributed by atoms with Gasteiger partial charge in [0, 0.05) is 17.5 Å². The molecule has 1 aromatic heterocycles. The third kappa shape index (κ3) is 3.22. The van der Waals surface area contributed by atoms with Crippen LogP contribution in [0.3, 0.4) is 0 Å². The van der Waals surface area contributed by atoms with Gasteiger partial charge in [-0.15, -0.1) is 23.1 Å². The van der Waals surface area contributed by atoms with Crippen LogP contribution in [-0.4, -0.2) is 16.6 Å². The van der Waals surface area contributed by atoms with E-state index in [0.717, 1.165) is 10.9 Å². The topological polar surface area (TPSA) is 20.3 Å². The molecule has 0 N–H and O–H groups in total. The quantitative estimate of drug-likeness (QED) is 0.819. The van der Waals surface area contributed by atoms with Crippen molar-refractivity contribution in [1.29, 1.82) is 0 Å². The molecule has 2 heterocycles. The first-order valence-corrected chi connectivity index (χ1v) is 8.38. The van der Waals surface area contributed by atoms with Gasteiger partial charge in [0.2, 0.25) is 5.91 Å². The Morgan fingerprint density at radius 1 is 1.24 bits per heavy atom. The van der Waals surface area contributed by atoms with Gasteiger partial charge in [-0.3, -0.25) is 4.79 Å². The lowest BCUT2D eigenvalue weighted by Crippen LogP contribution is -2.27. The van der Waals surface area contributed by atoms with E-state index in [-0.39, 0.29) is 17.8 Å².